The van der Waals surface area contributed by atoms with Crippen molar-refractivity contribution in [2.24, 2.45) is 0 Å². The average Bonchev–Trinajstić information content (AvgIpc) is 2.62. The number of hydrogen-bond acceptors (Lipinski definition) is 1. The zero-order chi connectivity index (χ0) is 18.4. The molecule has 1 N–H and O–H groups in total. The third-order valence-corrected chi connectivity index (χ3v) is 4.54. The minimum atomic E-state index is 0.211. The van der Waals surface area contributed by atoms with E-state index in [0.717, 1.165) is 30.8 Å². The predicted octanol–water partition coefficient (Wildman–Crippen LogP) is 5.49. The van der Waals surface area contributed by atoms with Crippen LogP contribution in [0.2, 0.25) is 0 Å². The Kier molecular flexibility index (Phi) is 6.63. The van der Waals surface area contributed by atoms with Crippen molar-refractivity contribution in [3.63, 3.8) is 0 Å². The van der Waals surface area contributed by atoms with E-state index >= 15 is 0 Å². The van der Waals surface area contributed by atoms with Crippen molar-refractivity contribution in [2.45, 2.75) is 53.5 Å². The van der Waals surface area contributed by atoms with Crippen LogP contribution in [-0.2, 0) is 12.8 Å². The fourth-order valence-electron chi connectivity index (χ4n) is 3.12. The molecule has 3 heteroatoms. The first kappa shape index (κ1) is 19.0. The molecule has 0 fully saturated rings. The second-order valence-electron chi connectivity index (χ2n) is 6.58. The largest absolute Gasteiger partial charge is 0.313 e. The molecule has 0 radical (unpaired) electrons. The second kappa shape index (κ2) is 8.70. The molecule has 25 heavy (non-hydrogen) atoms. The Morgan fingerprint density at radius 3 is 1.88 bits per heavy atom. The highest BCUT2D eigenvalue weighted by molar-refractivity contribution is 6.05. The molecule has 134 valence electrons. The Morgan fingerprint density at radius 2 is 1.40 bits per heavy atom. The zero-order valence-corrected chi connectivity index (χ0v) is 16.2. The number of nitrogens with zero attached hydrogens (tertiary/aromatic N) is 2. The van der Waals surface area contributed by atoms with Crippen molar-refractivity contribution in [3.8, 4) is 0 Å². The van der Waals surface area contributed by atoms with Crippen LogP contribution in [0.25, 0.3) is 0 Å². The molecule has 0 aromatic heterocycles. The summed E-state index contributed by atoms with van der Waals surface area (Å²) in [5.41, 5.74) is 4.77. The molecule has 0 atom stereocenters. The molecule has 0 saturated carbocycles. The summed E-state index contributed by atoms with van der Waals surface area (Å²) in [6.45, 7) is 11.5. The first-order valence-electron chi connectivity index (χ1n) is 9.34. The SMILES string of the molecule is CCc1cccc(N(CC)C(=N)N(c2cccc(CC)c2)C(C)C)c1. The topological polar surface area (TPSA) is 30.3 Å². The normalized spacial score (nSPS) is 10.8. The van der Waals surface area contributed by atoms with E-state index in [2.05, 4.69) is 92.9 Å². The molecule has 0 aliphatic carbocycles. The molecule has 2 rings (SSSR count). The summed E-state index contributed by atoms with van der Waals surface area (Å²) in [6.07, 6.45) is 2.01. The van der Waals surface area contributed by atoms with Gasteiger partial charge in [-0.1, -0.05) is 38.1 Å². The number of nitrogens with one attached hydrogen (secondary N) is 1. The second-order valence-corrected chi connectivity index (χ2v) is 6.58. The molecule has 0 amide bonds. The minimum absolute atomic E-state index is 0.211. The molecule has 0 bridgehead atoms. The van der Waals surface area contributed by atoms with E-state index < -0.39 is 0 Å². The summed E-state index contributed by atoms with van der Waals surface area (Å²) in [6, 6.07) is 17.3. The lowest BCUT2D eigenvalue weighted by Gasteiger charge is -2.36. The van der Waals surface area contributed by atoms with E-state index in [1.165, 1.54) is 11.1 Å². The third-order valence-electron chi connectivity index (χ3n) is 4.54. The van der Waals surface area contributed by atoms with Crippen LogP contribution in [-0.4, -0.2) is 18.5 Å². The molecule has 0 aliphatic heterocycles. The van der Waals surface area contributed by atoms with Gasteiger partial charge in [0, 0.05) is 24.0 Å². The summed E-state index contributed by atoms with van der Waals surface area (Å²) < 4.78 is 0. The van der Waals surface area contributed by atoms with E-state index in [-0.39, 0.29) is 6.04 Å². The molecule has 0 spiro atoms. The van der Waals surface area contributed by atoms with E-state index in [0.29, 0.717) is 5.96 Å². The van der Waals surface area contributed by atoms with Gasteiger partial charge >= 0.3 is 0 Å². The number of anilines is 2. The van der Waals surface area contributed by atoms with E-state index in [1.54, 1.807) is 0 Å². The van der Waals surface area contributed by atoms with Gasteiger partial charge in [0.15, 0.2) is 0 Å². The van der Waals surface area contributed by atoms with Crippen molar-refractivity contribution >= 4 is 17.3 Å². The molecule has 0 aliphatic rings. The summed E-state index contributed by atoms with van der Waals surface area (Å²) in [5, 5.41) is 8.92. The Morgan fingerprint density at radius 1 is 0.880 bits per heavy atom. The van der Waals surface area contributed by atoms with Crippen LogP contribution in [0.1, 0.15) is 45.7 Å². The van der Waals surface area contributed by atoms with Crippen LogP contribution in [0.4, 0.5) is 11.4 Å². The summed E-state index contributed by atoms with van der Waals surface area (Å²) >= 11 is 0. The van der Waals surface area contributed by atoms with Crippen LogP contribution >= 0.6 is 0 Å². The van der Waals surface area contributed by atoms with Crippen molar-refractivity contribution in [2.75, 3.05) is 16.3 Å². The number of hydrogen-bond donors (Lipinski definition) is 1. The molecule has 0 saturated heterocycles. The maximum atomic E-state index is 8.92. The molecule has 2 aromatic rings. The first-order chi connectivity index (χ1) is 12.0. The minimum Gasteiger partial charge on any atom is -0.313 e. The van der Waals surface area contributed by atoms with Crippen LogP contribution in [0.15, 0.2) is 48.5 Å². The molecule has 2 aromatic carbocycles. The zero-order valence-electron chi connectivity index (χ0n) is 16.2. The Bertz CT molecular complexity index is 706. The van der Waals surface area contributed by atoms with Gasteiger partial charge in [-0.15, -0.1) is 0 Å². The maximum absolute atomic E-state index is 8.92. The lowest BCUT2D eigenvalue weighted by Crippen LogP contribution is -2.47. The summed E-state index contributed by atoms with van der Waals surface area (Å²) in [7, 11) is 0. The quantitative estimate of drug-likeness (QED) is 0.558. The lowest BCUT2D eigenvalue weighted by molar-refractivity contribution is 0.786. The van der Waals surface area contributed by atoms with E-state index in [4.69, 9.17) is 5.41 Å². The predicted molar refractivity (Wildman–Crippen MR) is 110 cm³/mol. The van der Waals surface area contributed by atoms with Crippen LogP contribution in [0, 0.1) is 5.41 Å². The fraction of sp³-hybridized carbons (Fsp3) is 0.409. The number of rotatable bonds is 6. The summed E-state index contributed by atoms with van der Waals surface area (Å²) in [4.78, 5) is 4.19. The van der Waals surface area contributed by atoms with Crippen molar-refractivity contribution in [3.05, 3.63) is 59.7 Å². The highest BCUT2D eigenvalue weighted by Crippen LogP contribution is 2.24. The van der Waals surface area contributed by atoms with Crippen LogP contribution in [0.5, 0.6) is 0 Å². The van der Waals surface area contributed by atoms with Crippen LogP contribution < -0.4 is 9.80 Å². The van der Waals surface area contributed by atoms with E-state index in [1.807, 2.05) is 0 Å². The number of benzene rings is 2. The molecule has 0 unspecified atom stereocenters. The Hall–Kier alpha value is -2.29. The monoisotopic (exact) mass is 337 g/mol. The highest BCUT2D eigenvalue weighted by Gasteiger charge is 2.22. The summed E-state index contributed by atoms with van der Waals surface area (Å²) in [5.74, 6) is 0.527. The van der Waals surface area contributed by atoms with Gasteiger partial charge in [-0.3, -0.25) is 5.41 Å². The first-order valence-corrected chi connectivity index (χ1v) is 9.34. The van der Waals surface area contributed by atoms with Gasteiger partial charge in [0.2, 0.25) is 5.96 Å². The van der Waals surface area contributed by atoms with Crippen molar-refractivity contribution in [1.29, 1.82) is 5.41 Å². The average molecular weight is 338 g/mol. The Labute approximate surface area is 152 Å². The van der Waals surface area contributed by atoms with Crippen molar-refractivity contribution in [1.82, 2.24) is 0 Å². The smallest absolute Gasteiger partial charge is 0.203 e. The van der Waals surface area contributed by atoms with Crippen molar-refractivity contribution < 1.29 is 0 Å². The fourth-order valence-corrected chi connectivity index (χ4v) is 3.12. The molecular formula is C22H31N3. The van der Waals surface area contributed by atoms with Gasteiger partial charge in [0.05, 0.1) is 0 Å². The van der Waals surface area contributed by atoms with Gasteiger partial charge in [0.1, 0.15) is 0 Å². The molecule has 3 nitrogen and oxygen atoms in total. The number of guanidine groups is 1. The molecule has 0 heterocycles. The maximum Gasteiger partial charge on any atom is 0.203 e. The van der Waals surface area contributed by atoms with Gasteiger partial charge in [-0.25, -0.2) is 0 Å². The van der Waals surface area contributed by atoms with Gasteiger partial charge in [0.25, 0.3) is 0 Å². The van der Waals surface area contributed by atoms with Gasteiger partial charge < -0.3 is 9.80 Å². The van der Waals surface area contributed by atoms with Gasteiger partial charge in [-0.05, 0) is 69.0 Å². The Balaban J connectivity index is 2.40. The number of aryl methyl sites for hydroxylation is 2. The van der Waals surface area contributed by atoms with E-state index in [9.17, 15) is 0 Å². The standard InChI is InChI=1S/C22H31N3/c1-6-18-11-9-13-20(15-18)24(8-3)22(23)25(17(4)5)21-14-10-12-19(7-2)16-21/h9-17,23H,6-8H2,1-5H3. The lowest BCUT2D eigenvalue weighted by atomic mass is 10.1. The third kappa shape index (κ3) is 4.41. The van der Waals surface area contributed by atoms with Crippen LogP contribution in [0.3, 0.4) is 0 Å². The van der Waals surface area contributed by atoms with Gasteiger partial charge in [-0.2, -0.15) is 0 Å². The highest BCUT2D eigenvalue weighted by atomic mass is 15.4. The molecular weight excluding hydrogens is 306 g/mol.